The third-order valence-corrected chi connectivity index (χ3v) is 4.13. The maximum Gasteiger partial charge on any atom is 0.247 e. The van der Waals surface area contributed by atoms with E-state index >= 15 is 0 Å². The maximum absolute atomic E-state index is 13.1. The van der Waals surface area contributed by atoms with Crippen LogP contribution in [0.4, 0.5) is 4.39 Å². The van der Waals surface area contributed by atoms with Crippen LogP contribution in [-0.4, -0.2) is 10.2 Å². The largest absolute Gasteiger partial charge is 0.419 e. The van der Waals surface area contributed by atoms with Gasteiger partial charge in [-0.25, -0.2) is 4.39 Å². The monoisotopic (exact) mass is 339 g/mol. The Labute approximate surface area is 147 Å². The predicted molar refractivity (Wildman–Crippen MR) is 95.3 cm³/mol. The Kier molecular flexibility index (Phi) is 5.24. The van der Waals surface area contributed by atoms with E-state index in [-0.39, 0.29) is 11.9 Å². The molecule has 0 amide bonds. The number of halogens is 1. The lowest BCUT2D eigenvalue weighted by Crippen LogP contribution is -2.25. The van der Waals surface area contributed by atoms with Gasteiger partial charge < -0.3 is 9.73 Å². The van der Waals surface area contributed by atoms with E-state index in [2.05, 4.69) is 29.4 Å². The summed E-state index contributed by atoms with van der Waals surface area (Å²) in [7, 11) is 0. The minimum Gasteiger partial charge on any atom is -0.419 e. The lowest BCUT2D eigenvalue weighted by atomic mass is 9.96. The fraction of sp³-hybridized carbons (Fsp3) is 0.300. The topological polar surface area (TPSA) is 51.0 Å². The number of nitrogens with zero attached hydrogens (tertiary/aromatic N) is 2. The fourth-order valence-electron chi connectivity index (χ4n) is 2.74. The molecule has 0 unspecified atom stereocenters. The molecule has 1 atom stereocenters. The van der Waals surface area contributed by atoms with Crippen LogP contribution < -0.4 is 5.32 Å². The molecule has 0 aliphatic rings. The van der Waals surface area contributed by atoms with Gasteiger partial charge in [-0.2, -0.15) is 0 Å². The van der Waals surface area contributed by atoms with E-state index in [0.29, 0.717) is 24.2 Å². The summed E-state index contributed by atoms with van der Waals surface area (Å²) >= 11 is 0. The van der Waals surface area contributed by atoms with Gasteiger partial charge in [0.25, 0.3) is 0 Å². The first-order chi connectivity index (χ1) is 12.0. The molecular weight excluding hydrogens is 317 g/mol. The van der Waals surface area contributed by atoms with Crippen LogP contribution in [0.5, 0.6) is 0 Å². The Balaban J connectivity index is 1.69. The number of nitrogens with one attached hydrogen (secondary N) is 1. The van der Waals surface area contributed by atoms with Crippen LogP contribution in [-0.2, 0) is 6.54 Å². The summed E-state index contributed by atoms with van der Waals surface area (Å²) in [6.07, 6.45) is 0. The van der Waals surface area contributed by atoms with E-state index in [1.54, 1.807) is 12.1 Å². The van der Waals surface area contributed by atoms with Crippen molar-refractivity contribution < 1.29 is 8.81 Å². The third kappa shape index (κ3) is 4.31. The van der Waals surface area contributed by atoms with Crippen molar-refractivity contribution in [2.45, 2.75) is 33.4 Å². The molecule has 4 nitrogen and oxygen atoms in total. The lowest BCUT2D eigenvalue weighted by Gasteiger charge is -2.22. The van der Waals surface area contributed by atoms with Crippen LogP contribution in [0.2, 0.25) is 0 Å². The predicted octanol–water partition coefficient (Wildman–Crippen LogP) is 4.67. The van der Waals surface area contributed by atoms with Crippen molar-refractivity contribution in [3.8, 4) is 11.5 Å². The molecule has 130 valence electrons. The molecule has 0 radical (unpaired) electrons. The number of aromatic nitrogens is 2. The first-order valence-electron chi connectivity index (χ1n) is 8.41. The number of hydrogen-bond donors (Lipinski definition) is 1. The van der Waals surface area contributed by atoms with Gasteiger partial charge in [0.1, 0.15) is 5.82 Å². The van der Waals surface area contributed by atoms with Gasteiger partial charge in [0.05, 0.1) is 6.54 Å². The van der Waals surface area contributed by atoms with Crippen LogP contribution in [0.3, 0.4) is 0 Å². The Morgan fingerprint density at radius 2 is 1.68 bits per heavy atom. The molecule has 0 saturated carbocycles. The van der Waals surface area contributed by atoms with Crippen LogP contribution in [0, 0.1) is 18.7 Å². The van der Waals surface area contributed by atoms with Gasteiger partial charge >= 0.3 is 0 Å². The highest BCUT2D eigenvalue weighted by Gasteiger charge is 2.17. The normalized spacial score (nSPS) is 12.5. The molecule has 2 aromatic carbocycles. The van der Waals surface area contributed by atoms with E-state index in [1.807, 2.05) is 31.2 Å². The van der Waals surface area contributed by atoms with Crippen molar-refractivity contribution in [1.29, 1.82) is 0 Å². The second kappa shape index (κ2) is 7.57. The van der Waals surface area contributed by atoms with Crippen molar-refractivity contribution in [2.24, 2.45) is 5.92 Å². The SMILES string of the molecule is Cc1ccc(-c2nnc(CN[C@@H](c3ccc(F)cc3)C(C)C)o2)cc1. The molecule has 0 aliphatic carbocycles. The first-order valence-corrected chi connectivity index (χ1v) is 8.41. The fourth-order valence-corrected chi connectivity index (χ4v) is 2.74. The zero-order valence-corrected chi connectivity index (χ0v) is 14.7. The van der Waals surface area contributed by atoms with Gasteiger partial charge in [-0.1, -0.05) is 43.7 Å². The molecule has 0 aliphatic heterocycles. The number of aryl methyl sites for hydroxylation is 1. The molecule has 0 saturated heterocycles. The minimum atomic E-state index is -0.231. The molecular formula is C20H22FN3O. The van der Waals surface area contributed by atoms with Crippen molar-refractivity contribution in [1.82, 2.24) is 15.5 Å². The highest BCUT2D eigenvalue weighted by Crippen LogP contribution is 2.23. The van der Waals surface area contributed by atoms with E-state index in [1.165, 1.54) is 17.7 Å². The highest BCUT2D eigenvalue weighted by atomic mass is 19.1. The lowest BCUT2D eigenvalue weighted by molar-refractivity contribution is 0.380. The van der Waals surface area contributed by atoms with E-state index < -0.39 is 0 Å². The van der Waals surface area contributed by atoms with Crippen LogP contribution >= 0.6 is 0 Å². The van der Waals surface area contributed by atoms with Gasteiger partial charge in [-0.15, -0.1) is 10.2 Å². The van der Waals surface area contributed by atoms with Crippen molar-refractivity contribution in [3.05, 3.63) is 71.4 Å². The zero-order chi connectivity index (χ0) is 17.8. The van der Waals surface area contributed by atoms with Gasteiger partial charge in [-0.3, -0.25) is 0 Å². The van der Waals surface area contributed by atoms with E-state index in [9.17, 15) is 4.39 Å². The molecule has 1 aromatic heterocycles. The standard InChI is InChI=1S/C20H22FN3O/c1-13(2)19(15-8-10-17(21)11-9-15)22-12-18-23-24-20(25-18)16-6-4-14(3)5-7-16/h4-11,13,19,22H,12H2,1-3H3/t19-/m1/s1. The molecule has 1 N–H and O–H groups in total. The zero-order valence-electron chi connectivity index (χ0n) is 14.7. The molecule has 0 bridgehead atoms. The van der Waals surface area contributed by atoms with Crippen LogP contribution in [0.15, 0.2) is 52.9 Å². The van der Waals surface area contributed by atoms with Gasteiger partial charge in [-0.05, 0) is 42.7 Å². The number of rotatable bonds is 6. The summed E-state index contributed by atoms with van der Waals surface area (Å²) in [6.45, 7) is 6.73. The summed E-state index contributed by atoms with van der Waals surface area (Å²) in [6, 6.07) is 14.6. The molecule has 3 rings (SSSR count). The summed E-state index contributed by atoms with van der Waals surface area (Å²) in [5, 5.41) is 11.7. The van der Waals surface area contributed by atoms with Gasteiger partial charge in [0.15, 0.2) is 0 Å². The number of hydrogen-bond acceptors (Lipinski definition) is 4. The van der Waals surface area contributed by atoms with E-state index in [4.69, 9.17) is 4.42 Å². The summed E-state index contributed by atoms with van der Waals surface area (Å²) < 4.78 is 18.9. The van der Waals surface area contributed by atoms with Crippen molar-refractivity contribution >= 4 is 0 Å². The minimum absolute atomic E-state index is 0.0790. The molecule has 5 heteroatoms. The van der Waals surface area contributed by atoms with Crippen LogP contribution in [0.25, 0.3) is 11.5 Å². The van der Waals surface area contributed by atoms with Crippen LogP contribution in [0.1, 0.15) is 36.9 Å². The molecule has 3 aromatic rings. The Morgan fingerprint density at radius 1 is 1.00 bits per heavy atom. The van der Waals surface area contributed by atoms with Gasteiger partial charge in [0.2, 0.25) is 11.8 Å². The quantitative estimate of drug-likeness (QED) is 0.709. The molecule has 1 heterocycles. The number of benzene rings is 2. The average molecular weight is 339 g/mol. The molecule has 25 heavy (non-hydrogen) atoms. The summed E-state index contributed by atoms with van der Waals surface area (Å²) in [4.78, 5) is 0. The van der Waals surface area contributed by atoms with Crippen molar-refractivity contribution in [2.75, 3.05) is 0 Å². The Hall–Kier alpha value is -2.53. The summed E-state index contributed by atoms with van der Waals surface area (Å²) in [5.74, 6) is 1.15. The Bertz CT molecular complexity index is 810. The van der Waals surface area contributed by atoms with Crippen molar-refractivity contribution in [3.63, 3.8) is 0 Å². The van der Waals surface area contributed by atoms with E-state index in [0.717, 1.165) is 11.1 Å². The average Bonchev–Trinajstić information content (AvgIpc) is 3.06. The maximum atomic E-state index is 13.1. The first kappa shape index (κ1) is 17.3. The second-order valence-corrected chi connectivity index (χ2v) is 6.52. The second-order valence-electron chi connectivity index (χ2n) is 6.52. The third-order valence-electron chi connectivity index (χ3n) is 4.13. The summed E-state index contributed by atoms with van der Waals surface area (Å²) in [5.41, 5.74) is 3.13. The molecule has 0 fully saturated rings. The Morgan fingerprint density at radius 3 is 2.32 bits per heavy atom. The van der Waals surface area contributed by atoms with Gasteiger partial charge in [0, 0.05) is 11.6 Å². The molecule has 0 spiro atoms. The smallest absolute Gasteiger partial charge is 0.247 e. The highest BCUT2D eigenvalue weighted by molar-refractivity contribution is 5.52.